The van der Waals surface area contributed by atoms with Crippen LogP contribution in [0.5, 0.6) is 0 Å². The first-order chi connectivity index (χ1) is 11.0. The van der Waals surface area contributed by atoms with Crippen molar-refractivity contribution in [1.82, 2.24) is 0 Å². The molecule has 132 valence electrons. The zero-order valence-electron chi connectivity index (χ0n) is 12.5. The summed E-state index contributed by atoms with van der Waals surface area (Å²) in [5.41, 5.74) is -2.11. The van der Waals surface area contributed by atoms with Gasteiger partial charge in [0.1, 0.15) is 0 Å². The Morgan fingerprint density at radius 3 is 2.38 bits per heavy atom. The summed E-state index contributed by atoms with van der Waals surface area (Å²) in [6.07, 6.45) is -12.0. The first-order valence-electron chi connectivity index (χ1n) is 7.10. The fourth-order valence-corrected chi connectivity index (χ4v) is 3.11. The van der Waals surface area contributed by atoms with Crippen molar-refractivity contribution in [1.29, 1.82) is 5.26 Å². The predicted molar refractivity (Wildman–Crippen MR) is 73.3 cm³/mol. The van der Waals surface area contributed by atoms with E-state index in [9.17, 15) is 31.4 Å². The van der Waals surface area contributed by atoms with Crippen LogP contribution in [-0.2, 0) is 6.18 Å². The smallest absolute Gasteiger partial charge is 0.382 e. The molecule has 1 saturated heterocycles. The highest BCUT2D eigenvalue weighted by Gasteiger charge is 2.48. The summed E-state index contributed by atoms with van der Waals surface area (Å²) in [6, 6.07) is 2.25. The van der Waals surface area contributed by atoms with Crippen molar-refractivity contribution in [3.63, 3.8) is 0 Å². The van der Waals surface area contributed by atoms with E-state index in [1.807, 2.05) is 0 Å². The summed E-state index contributed by atoms with van der Waals surface area (Å²) in [6.45, 7) is 1.22. The number of aliphatic hydroxyl groups excluding tert-OH is 1. The lowest BCUT2D eigenvalue weighted by atomic mass is 9.98. The molecule has 0 bridgehead atoms. The molecule has 1 aromatic rings. The van der Waals surface area contributed by atoms with E-state index < -0.39 is 35.6 Å². The molecule has 1 aliphatic heterocycles. The molecule has 0 aliphatic carbocycles. The molecular weight excluding hydrogens is 338 g/mol. The van der Waals surface area contributed by atoms with Gasteiger partial charge >= 0.3 is 12.4 Å². The van der Waals surface area contributed by atoms with E-state index >= 15 is 0 Å². The van der Waals surface area contributed by atoms with E-state index in [1.165, 1.54) is 12.1 Å². The molecule has 0 unspecified atom stereocenters. The van der Waals surface area contributed by atoms with Crippen molar-refractivity contribution < 1.29 is 31.4 Å². The van der Waals surface area contributed by atoms with Gasteiger partial charge in [0.15, 0.2) is 6.10 Å². The Hall–Kier alpha value is -1.95. The van der Waals surface area contributed by atoms with Crippen molar-refractivity contribution in [3.8, 4) is 6.07 Å². The fourth-order valence-electron chi connectivity index (χ4n) is 3.11. The third kappa shape index (κ3) is 3.29. The number of rotatable bonds is 2. The van der Waals surface area contributed by atoms with E-state index in [4.69, 9.17) is 5.26 Å². The van der Waals surface area contributed by atoms with Gasteiger partial charge in [-0.3, -0.25) is 0 Å². The van der Waals surface area contributed by atoms with Crippen molar-refractivity contribution in [2.75, 3.05) is 11.4 Å². The first kappa shape index (κ1) is 18.4. The summed E-state index contributed by atoms with van der Waals surface area (Å²) in [5, 5.41) is 18.4. The molecule has 2 atom stereocenters. The van der Waals surface area contributed by atoms with E-state index in [2.05, 4.69) is 0 Å². The predicted octanol–water partition coefficient (Wildman–Crippen LogP) is 3.78. The lowest BCUT2D eigenvalue weighted by Gasteiger charge is -2.33. The first-order valence-corrected chi connectivity index (χ1v) is 7.10. The molecule has 3 nitrogen and oxygen atoms in total. The van der Waals surface area contributed by atoms with Gasteiger partial charge in [-0.15, -0.1) is 0 Å². The maximum atomic E-state index is 13.2. The minimum atomic E-state index is -4.86. The number of hydrogen-bond acceptors (Lipinski definition) is 3. The number of benzene rings is 1. The molecule has 1 aromatic carbocycles. The van der Waals surface area contributed by atoms with Gasteiger partial charge in [-0.25, -0.2) is 0 Å². The molecule has 24 heavy (non-hydrogen) atoms. The Kier molecular flexibility index (Phi) is 4.72. The van der Waals surface area contributed by atoms with Gasteiger partial charge < -0.3 is 10.0 Å². The standard InChI is InChI=1S/C15H14F6N2O/c1-8-10(5-4-9(7-22)12(8)14(16,17)18)23-6-2-3-11(23)13(24)15(19,20)21/h4-5,11,13,24H,2-3,6H2,1H3/t11-,13-/m1/s1. The Balaban J connectivity index is 2.51. The Labute approximate surface area is 134 Å². The molecular formula is C15H14F6N2O. The Bertz CT molecular complexity index is 662. The molecule has 1 fully saturated rings. The fraction of sp³-hybridized carbons (Fsp3) is 0.533. The number of aliphatic hydroxyl groups is 1. The SMILES string of the molecule is Cc1c(N2CCC[C@@H]2[C@@H](O)C(F)(F)F)ccc(C#N)c1C(F)(F)F. The van der Waals surface area contributed by atoms with Crippen molar-refractivity contribution >= 4 is 5.69 Å². The summed E-state index contributed by atoms with van der Waals surface area (Å²) >= 11 is 0. The molecule has 0 radical (unpaired) electrons. The quantitative estimate of drug-likeness (QED) is 0.824. The largest absolute Gasteiger partial charge is 0.418 e. The van der Waals surface area contributed by atoms with Crippen molar-refractivity contribution in [3.05, 3.63) is 28.8 Å². The lowest BCUT2D eigenvalue weighted by Crippen LogP contribution is -2.47. The third-order valence-corrected chi connectivity index (χ3v) is 4.15. The van der Waals surface area contributed by atoms with Crippen LogP contribution < -0.4 is 4.90 Å². The van der Waals surface area contributed by atoms with Gasteiger partial charge in [0.05, 0.1) is 23.2 Å². The second kappa shape index (κ2) is 6.16. The average molecular weight is 352 g/mol. The van der Waals surface area contributed by atoms with Gasteiger partial charge in [-0.05, 0) is 37.5 Å². The molecule has 1 heterocycles. The molecule has 0 amide bonds. The number of nitriles is 1. The van der Waals surface area contributed by atoms with Gasteiger partial charge in [0.25, 0.3) is 0 Å². The van der Waals surface area contributed by atoms with Crippen LogP contribution in [0.2, 0.25) is 0 Å². The maximum Gasteiger partial charge on any atom is 0.418 e. The highest BCUT2D eigenvalue weighted by molar-refractivity contribution is 5.62. The van der Waals surface area contributed by atoms with Crippen LogP contribution in [0.1, 0.15) is 29.5 Å². The number of nitrogens with zero attached hydrogens (tertiary/aromatic N) is 2. The van der Waals surface area contributed by atoms with Crippen LogP contribution in [-0.4, -0.2) is 30.0 Å². The van der Waals surface area contributed by atoms with Crippen LogP contribution in [0.4, 0.5) is 32.0 Å². The van der Waals surface area contributed by atoms with Crippen LogP contribution in [0.15, 0.2) is 12.1 Å². The van der Waals surface area contributed by atoms with E-state index in [-0.39, 0.29) is 24.2 Å². The summed E-state index contributed by atoms with van der Waals surface area (Å²) in [7, 11) is 0. The average Bonchev–Trinajstić information content (AvgIpc) is 2.92. The highest BCUT2D eigenvalue weighted by atomic mass is 19.4. The molecule has 2 rings (SSSR count). The minimum Gasteiger partial charge on any atom is -0.382 e. The number of hydrogen-bond donors (Lipinski definition) is 1. The molecule has 0 spiro atoms. The lowest BCUT2D eigenvalue weighted by molar-refractivity contribution is -0.209. The van der Waals surface area contributed by atoms with Crippen molar-refractivity contribution in [2.24, 2.45) is 0 Å². The third-order valence-electron chi connectivity index (χ3n) is 4.15. The summed E-state index contributed by atoms with van der Waals surface area (Å²) in [4.78, 5) is 1.14. The minimum absolute atomic E-state index is 0.0153. The molecule has 1 N–H and O–H groups in total. The highest BCUT2D eigenvalue weighted by Crippen LogP contribution is 2.41. The zero-order valence-corrected chi connectivity index (χ0v) is 12.5. The normalized spacial score (nSPS) is 20.1. The van der Waals surface area contributed by atoms with Crippen LogP contribution >= 0.6 is 0 Å². The number of alkyl halides is 6. The van der Waals surface area contributed by atoms with E-state index in [0.717, 1.165) is 17.9 Å². The molecule has 9 heteroatoms. The second-order valence-corrected chi connectivity index (χ2v) is 5.63. The van der Waals surface area contributed by atoms with Gasteiger partial charge in [-0.1, -0.05) is 0 Å². The molecule has 0 saturated carbocycles. The summed E-state index contributed by atoms with van der Waals surface area (Å²) < 4.78 is 78.0. The zero-order chi connectivity index (χ0) is 18.3. The van der Waals surface area contributed by atoms with Crippen LogP contribution in [0.25, 0.3) is 0 Å². The topological polar surface area (TPSA) is 47.3 Å². The van der Waals surface area contributed by atoms with Gasteiger partial charge in [-0.2, -0.15) is 31.6 Å². The maximum absolute atomic E-state index is 13.2. The van der Waals surface area contributed by atoms with Crippen LogP contribution in [0, 0.1) is 18.3 Å². The van der Waals surface area contributed by atoms with Gasteiger partial charge in [0, 0.05) is 12.2 Å². The summed E-state index contributed by atoms with van der Waals surface area (Å²) in [5.74, 6) is 0. The Morgan fingerprint density at radius 2 is 1.88 bits per heavy atom. The number of anilines is 1. The second-order valence-electron chi connectivity index (χ2n) is 5.63. The Morgan fingerprint density at radius 1 is 1.25 bits per heavy atom. The molecule has 0 aromatic heterocycles. The van der Waals surface area contributed by atoms with E-state index in [0.29, 0.717) is 6.42 Å². The van der Waals surface area contributed by atoms with Crippen LogP contribution in [0.3, 0.4) is 0 Å². The number of halogens is 6. The van der Waals surface area contributed by atoms with Crippen molar-refractivity contribution in [2.45, 2.75) is 44.3 Å². The van der Waals surface area contributed by atoms with E-state index in [1.54, 1.807) is 0 Å². The molecule has 1 aliphatic rings. The monoisotopic (exact) mass is 352 g/mol. The van der Waals surface area contributed by atoms with Gasteiger partial charge in [0.2, 0.25) is 0 Å².